The van der Waals surface area contributed by atoms with E-state index in [1.165, 1.54) is 0 Å². The van der Waals surface area contributed by atoms with Crippen LogP contribution in [0.25, 0.3) is 0 Å². The van der Waals surface area contributed by atoms with Crippen LogP contribution in [0.2, 0.25) is 0 Å². The third-order valence-corrected chi connectivity index (χ3v) is 2.05. The lowest BCUT2D eigenvalue weighted by Crippen LogP contribution is -2.18. The minimum Gasteiger partial charge on any atom is -0.491 e. The SMILES string of the molecule is COc1c(OC(F)(F)F)cc(CCl)nc1CO. The van der Waals surface area contributed by atoms with E-state index in [4.69, 9.17) is 21.4 Å². The van der Waals surface area contributed by atoms with Gasteiger partial charge in [0.15, 0.2) is 11.5 Å². The summed E-state index contributed by atoms with van der Waals surface area (Å²) in [5, 5.41) is 8.97. The predicted molar refractivity (Wildman–Crippen MR) is 53.0 cm³/mol. The highest BCUT2D eigenvalue weighted by Crippen LogP contribution is 2.35. The summed E-state index contributed by atoms with van der Waals surface area (Å²) in [5.74, 6) is -0.945. The largest absolute Gasteiger partial charge is 0.573 e. The van der Waals surface area contributed by atoms with E-state index in [2.05, 4.69) is 9.72 Å². The van der Waals surface area contributed by atoms with E-state index in [1.54, 1.807) is 0 Å². The van der Waals surface area contributed by atoms with Crippen molar-refractivity contribution in [2.75, 3.05) is 7.11 Å². The quantitative estimate of drug-likeness (QED) is 0.853. The molecule has 0 aliphatic carbocycles. The van der Waals surface area contributed by atoms with Crippen molar-refractivity contribution in [1.29, 1.82) is 0 Å². The smallest absolute Gasteiger partial charge is 0.491 e. The molecule has 1 rings (SSSR count). The summed E-state index contributed by atoms with van der Waals surface area (Å²) in [5.41, 5.74) is 0.0840. The molecule has 1 heterocycles. The standard InChI is InChI=1S/C9H9ClF3NO3/c1-16-8-6(4-15)14-5(3-10)2-7(8)17-9(11,12)13/h2,15H,3-4H2,1H3. The Morgan fingerprint density at radius 3 is 2.53 bits per heavy atom. The second-order valence-corrected chi connectivity index (χ2v) is 3.20. The van der Waals surface area contributed by atoms with E-state index in [9.17, 15) is 13.2 Å². The van der Waals surface area contributed by atoms with E-state index in [0.29, 0.717) is 0 Å². The van der Waals surface area contributed by atoms with Gasteiger partial charge in [0.25, 0.3) is 0 Å². The van der Waals surface area contributed by atoms with Crippen LogP contribution in [0.1, 0.15) is 11.4 Å². The van der Waals surface area contributed by atoms with E-state index in [-0.39, 0.29) is 23.0 Å². The molecule has 96 valence electrons. The summed E-state index contributed by atoms with van der Waals surface area (Å²) >= 11 is 5.47. The Labute approximate surface area is 99.9 Å². The fraction of sp³-hybridized carbons (Fsp3) is 0.444. The summed E-state index contributed by atoms with van der Waals surface area (Å²) in [6.45, 7) is -0.581. The lowest BCUT2D eigenvalue weighted by molar-refractivity contribution is -0.275. The summed E-state index contributed by atoms with van der Waals surface area (Å²) in [6.07, 6.45) is -4.86. The maximum atomic E-state index is 12.1. The lowest BCUT2D eigenvalue weighted by atomic mass is 10.2. The van der Waals surface area contributed by atoms with Crippen LogP contribution in [0, 0.1) is 0 Å². The normalized spacial score (nSPS) is 11.4. The molecule has 8 heteroatoms. The number of rotatable bonds is 4. The number of aromatic nitrogens is 1. The van der Waals surface area contributed by atoms with Gasteiger partial charge in [-0.1, -0.05) is 0 Å². The molecular weight excluding hydrogens is 263 g/mol. The van der Waals surface area contributed by atoms with Gasteiger partial charge in [0.05, 0.1) is 25.3 Å². The van der Waals surface area contributed by atoms with Crippen LogP contribution >= 0.6 is 11.6 Å². The molecule has 0 fully saturated rings. The van der Waals surface area contributed by atoms with Crippen molar-refractivity contribution in [3.05, 3.63) is 17.5 Å². The third-order valence-electron chi connectivity index (χ3n) is 1.78. The number of hydrogen-bond donors (Lipinski definition) is 1. The van der Waals surface area contributed by atoms with Gasteiger partial charge in [-0.3, -0.25) is 0 Å². The Bertz CT molecular complexity index is 398. The molecule has 1 aromatic heterocycles. The second kappa shape index (κ2) is 5.42. The van der Waals surface area contributed by atoms with Crippen LogP contribution in [-0.2, 0) is 12.5 Å². The molecule has 0 aromatic carbocycles. The zero-order valence-corrected chi connectivity index (χ0v) is 9.47. The number of alkyl halides is 4. The molecule has 1 aromatic rings. The van der Waals surface area contributed by atoms with E-state index < -0.39 is 18.7 Å². The Morgan fingerprint density at radius 1 is 1.47 bits per heavy atom. The first kappa shape index (κ1) is 13.9. The van der Waals surface area contributed by atoms with Crippen molar-refractivity contribution < 1.29 is 27.8 Å². The molecule has 4 nitrogen and oxygen atoms in total. The summed E-state index contributed by atoms with van der Waals surface area (Å²) in [7, 11) is 1.15. The number of hydrogen-bond acceptors (Lipinski definition) is 4. The van der Waals surface area contributed by atoms with Gasteiger partial charge in [0.2, 0.25) is 0 Å². The fourth-order valence-corrected chi connectivity index (χ4v) is 1.35. The fourth-order valence-electron chi connectivity index (χ4n) is 1.21. The number of aliphatic hydroxyl groups is 1. The van der Waals surface area contributed by atoms with E-state index in [0.717, 1.165) is 13.2 Å². The van der Waals surface area contributed by atoms with Crippen molar-refractivity contribution >= 4 is 11.6 Å². The van der Waals surface area contributed by atoms with Crippen LogP contribution in [-0.4, -0.2) is 23.6 Å². The average molecular weight is 272 g/mol. The minimum atomic E-state index is -4.86. The zero-order valence-electron chi connectivity index (χ0n) is 8.71. The molecule has 0 aliphatic rings. The van der Waals surface area contributed by atoms with Gasteiger partial charge in [0.1, 0.15) is 5.69 Å². The molecule has 0 radical (unpaired) electrons. The maximum Gasteiger partial charge on any atom is 0.573 e. The van der Waals surface area contributed by atoms with Crippen molar-refractivity contribution in [3.63, 3.8) is 0 Å². The van der Waals surface area contributed by atoms with Crippen molar-refractivity contribution in [3.8, 4) is 11.5 Å². The number of halogens is 4. The van der Waals surface area contributed by atoms with E-state index >= 15 is 0 Å². The van der Waals surface area contributed by atoms with Crippen LogP contribution in [0.3, 0.4) is 0 Å². The topological polar surface area (TPSA) is 51.6 Å². The molecule has 0 spiro atoms. The molecular formula is C9H9ClF3NO3. The molecule has 0 bridgehead atoms. The highest BCUT2D eigenvalue weighted by Gasteiger charge is 2.33. The molecule has 0 saturated carbocycles. The average Bonchev–Trinajstić information content (AvgIpc) is 2.25. The number of nitrogens with zero attached hydrogens (tertiary/aromatic N) is 1. The highest BCUT2D eigenvalue weighted by atomic mass is 35.5. The number of pyridine rings is 1. The Morgan fingerprint density at radius 2 is 2.12 bits per heavy atom. The first-order valence-electron chi connectivity index (χ1n) is 4.40. The third kappa shape index (κ3) is 3.64. The number of ether oxygens (including phenoxy) is 2. The number of methoxy groups -OCH3 is 1. The summed E-state index contributed by atoms with van der Waals surface area (Å²) < 4.78 is 44.9. The maximum absolute atomic E-state index is 12.1. The van der Waals surface area contributed by atoms with Gasteiger partial charge in [-0.2, -0.15) is 0 Å². The Hall–Kier alpha value is -1.21. The van der Waals surface area contributed by atoms with Gasteiger partial charge in [-0.15, -0.1) is 24.8 Å². The van der Waals surface area contributed by atoms with Crippen LogP contribution in [0.4, 0.5) is 13.2 Å². The molecule has 0 atom stereocenters. The van der Waals surface area contributed by atoms with Crippen molar-refractivity contribution in [2.45, 2.75) is 18.8 Å². The van der Waals surface area contributed by atoms with E-state index in [1.807, 2.05) is 0 Å². The van der Waals surface area contributed by atoms with Gasteiger partial charge in [-0.25, -0.2) is 4.98 Å². The van der Waals surface area contributed by atoms with Crippen LogP contribution in [0.5, 0.6) is 11.5 Å². The van der Waals surface area contributed by atoms with Crippen LogP contribution < -0.4 is 9.47 Å². The monoisotopic (exact) mass is 271 g/mol. The zero-order chi connectivity index (χ0) is 13.1. The van der Waals surface area contributed by atoms with Gasteiger partial charge in [-0.05, 0) is 0 Å². The molecule has 1 N–H and O–H groups in total. The van der Waals surface area contributed by atoms with Crippen molar-refractivity contribution in [1.82, 2.24) is 4.98 Å². The Kier molecular flexibility index (Phi) is 4.41. The second-order valence-electron chi connectivity index (χ2n) is 2.93. The highest BCUT2D eigenvalue weighted by molar-refractivity contribution is 6.16. The Balaban J connectivity index is 3.24. The molecule has 17 heavy (non-hydrogen) atoms. The molecule has 0 aliphatic heterocycles. The van der Waals surface area contributed by atoms with Gasteiger partial charge in [0, 0.05) is 6.07 Å². The predicted octanol–water partition coefficient (Wildman–Crippen LogP) is 2.22. The summed E-state index contributed by atoms with van der Waals surface area (Å²) in [4.78, 5) is 3.82. The summed E-state index contributed by atoms with van der Waals surface area (Å²) in [6, 6.07) is 1.01. The van der Waals surface area contributed by atoms with Crippen molar-refractivity contribution in [2.24, 2.45) is 0 Å². The molecule has 0 amide bonds. The number of aliphatic hydroxyl groups excluding tert-OH is 1. The van der Waals surface area contributed by atoms with Crippen LogP contribution in [0.15, 0.2) is 6.07 Å². The van der Waals surface area contributed by atoms with Gasteiger partial charge >= 0.3 is 6.36 Å². The van der Waals surface area contributed by atoms with Gasteiger partial charge < -0.3 is 14.6 Å². The first-order chi connectivity index (χ1) is 7.91. The molecule has 0 saturated heterocycles. The minimum absolute atomic E-state index is 0.0649. The first-order valence-corrected chi connectivity index (χ1v) is 4.94. The molecule has 0 unspecified atom stereocenters. The lowest BCUT2D eigenvalue weighted by Gasteiger charge is -2.15.